The molecule has 1 atom stereocenters. The molecule has 1 amide bonds. The first-order chi connectivity index (χ1) is 6.61. The zero-order chi connectivity index (χ0) is 11.0. The van der Waals surface area contributed by atoms with Gasteiger partial charge in [0.15, 0.2) is 0 Å². The van der Waals surface area contributed by atoms with Crippen LogP contribution in [0.1, 0.15) is 0 Å². The Kier molecular flexibility index (Phi) is 7.17. The molecule has 0 aromatic heterocycles. The van der Waals surface area contributed by atoms with E-state index < -0.39 is 12.0 Å². The second-order valence-electron chi connectivity index (χ2n) is 2.58. The highest BCUT2D eigenvalue weighted by molar-refractivity contribution is 7.80. The van der Waals surface area contributed by atoms with E-state index in [0.29, 0.717) is 13.1 Å². The van der Waals surface area contributed by atoms with Crippen LogP contribution in [-0.4, -0.2) is 48.4 Å². The van der Waals surface area contributed by atoms with Gasteiger partial charge < -0.3 is 21.5 Å². The van der Waals surface area contributed by atoms with Crippen molar-refractivity contribution in [1.82, 2.24) is 10.6 Å². The van der Waals surface area contributed by atoms with Gasteiger partial charge >= 0.3 is 5.97 Å². The molecular formula is C7H15N3O3S. The number of nitrogens with one attached hydrogen (secondary N) is 2. The Morgan fingerprint density at radius 3 is 2.50 bits per heavy atom. The minimum atomic E-state index is -0.954. The van der Waals surface area contributed by atoms with Gasteiger partial charge in [0.05, 0.1) is 6.54 Å². The maximum absolute atomic E-state index is 10.7. The molecule has 0 bridgehead atoms. The molecule has 0 spiro atoms. The largest absolute Gasteiger partial charge is 0.480 e. The molecule has 0 radical (unpaired) electrons. The second-order valence-corrected chi connectivity index (χ2v) is 2.95. The van der Waals surface area contributed by atoms with Crippen LogP contribution in [0.15, 0.2) is 0 Å². The van der Waals surface area contributed by atoms with Gasteiger partial charge in [0, 0.05) is 18.8 Å². The highest BCUT2D eigenvalue weighted by atomic mass is 32.1. The van der Waals surface area contributed by atoms with E-state index >= 15 is 0 Å². The molecule has 0 aromatic carbocycles. The molecule has 0 saturated heterocycles. The van der Waals surface area contributed by atoms with E-state index in [0.717, 1.165) is 0 Å². The molecule has 0 aliphatic heterocycles. The minimum absolute atomic E-state index is 0.0606. The molecule has 7 heteroatoms. The SMILES string of the molecule is NCC(=O)NCCNC(CS)C(=O)O. The summed E-state index contributed by atoms with van der Waals surface area (Å²) in [5, 5.41) is 13.8. The van der Waals surface area contributed by atoms with Crippen LogP contribution in [0.5, 0.6) is 0 Å². The molecular weight excluding hydrogens is 206 g/mol. The van der Waals surface area contributed by atoms with Crippen LogP contribution in [0.2, 0.25) is 0 Å². The lowest BCUT2D eigenvalue weighted by atomic mass is 10.3. The van der Waals surface area contributed by atoms with Crippen molar-refractivity contribution >= 4 is 24.5 Å². The summed E-state index contributed by atoms with van der Waals surface area (Å²) in [4.78, 5) is 21.2. The molecule has 14 heavy (non-hydrogen) atoms. The maximum Gasteiger partial charge on any atom is 0.321 e. The fourth-order valence-electron chi connectivity index (χ4n) is 0.750. The van der Waals surface area contributed by atoms with Crippen LogP contribution in [0.25, 0.3) is 0 Å². The number of carboxylic acid groups (broad SMARTS) is 1. The normalized spacial score (nSPS) is 12.1. The average Bonchev–Trinajstić information content (AvgIpc) is 2.16. The molecule has 6 nitrogen and oxygen atoms in total. The van der Waals surface area contributed by atoms with Gasteiger partial charge in [-0.3, -0.25) is 9.59 Å². The molecule has 5 N–H and O–H groups in total. The van der Waals surface area contributed by atoms with E-state index in [9.17, 15) is 9.59 Å². The molecule has 0 aromatic rings. The third-order valence-corrected chi connectivity index (χ3v) is 1.87. The Hall–Kier alpha value is -0.790. The number of aliphatic carboxylic acids is 1. The number of nitrogens with two attached hydrogens (primary N) is 1. The van der Waals surface area contributed by atoms with Crippen molar-refractivity contribution in [3.63, 3.8) is 0 Å². The maximum atomic E-state index is 10.7. The lowest BCUT2D eigenvalue weighted by molar-refractivity contribution is -0.138. The van der Waals surface area contributed by atoms with Crippen molar-refractivity contribution in [2.24, 2.45) is 5.73 Å². The van der Waals surface area contributed by atoms with Crippen LogP contribution in [0.4, 0.5) is 0 Å². The third kappa shape index (κ3) is 5.79. The first-order valence-electron chi connectivity index (χ1n) is 4.15. The predicted molar refractivity (Wildman–Crippen MR) is 55.3 cm³/mol. The summed E-state index contributed by atoms with van der Waals surface area (Å²) in [6, 6.07) is -0.687. The molecule has 0 saturated carbocycles. The quantitative estimate of drug-likeness (QED) is 0.253. The van der Waals surface area contributed by atoms with Gasteiger partial charge in [0.2, 0.25) is 5.91 Å². The standard InChI is InChI=1S/C7H15N3O3S/c8-3-6(11)10-2-1-9-5(4-14)7(12)13/h5,9,14H,1-4,8H2,(H,10,11)(H,12,13). The third-order valence-electron chi connectivity index (χ3n) is 1.50. The Bertz CT molecular complexity index is 201. The first-order valence-corrected chi connectivity index (χ1v) is 4.79. The van der Waals surface area contributed by atoms with Gasteiger partial charge in [-0.25, -0.2) is 0 Å². The first kappa shape index (κ1) is 13.2. The van der Waals surface area contributed by atoms with Crippen LogP contribution >= 0.6 is 12.6 Å². The number of carbonyl (C=O) groups excluding carboxylic acids is 1. The van der Waals surface area contributed by atoms with Crippen LogP contribution < -0.4 is 16.4 Å². The Balaban J connectivity index is 3.52. The van der Waals surface area contributed by atoms with Crippen molar-refractivity contribution < 1.29 is 14.7 Å². The zero-order valence-electron chi connectivity index (χ0n) is 7.69. The number of rotatable bonds is 7. The van der Waals surface area contributed by atoms with E-state index in [1.54, 1.807) is 0 Å². The lowest BCUT2D eigenvalue weighted by Crippen LogP contribution is -2.43. The highest BCUT2D eigenvalue weighted by Gasteiger charge is 2.13. The number of hydrogen-bond donors (Lipinski definition) is 5. The fraction of sp³-hybridized carbons (Fsp3) is 0.714. The van der Waals surface area contributed by atoms with E-state index in [4.69, 9.17) is 10.8 Å². The molecule has 0 aliphatic rings. The average molecular weight is 221 g/mol. The molecule has 0 fully saturated rings. The predicted octanol–water partition coefficient (Wildman–Crippen LogP) is -1.97. The van der Waals surface area contributed by atoms with Crippen molar-refractivity contribution in [3.8, 4) is 0 Å². The van der Waals surface area contributed by atoms with Gasteiger partial charge in [0.25, 0.3) is 0 Å². The lowest BCUT2D eigenvalue weighted by Gasteiger charge is -2.11. The van der Waals surface area contributed by atoms with E-state index in [2.05, 4.69) is 23.3 Å². The van der Waals surface area contributed by atoms with Gasteiger partial charge in [-0.2, -0.15) is 12.6 Å². The van der Waals surface area contributed by atoms with Crippen molar-refractivity contribution in [3.05, 3.63) is 0 Å². The van der Waals surface area contributed by atoms with Crippen LogP contribution in [0.3, 0.4) is 0 Å². The topological polar surface area (TPSA) is 104 Å². The summed E-state index contributed by atoms with van der Waals surface area (Å²) < 4.78 is 0. The number of carboxylic acids is 1. The van der Waals surface area contributed by atoms with E-state index in [1.807, 2.05) is 0 Å². The molecule has 0 heterocycles. The van der Waals surface area contributed by atoms with Gasteiger partial charge in [0.1, 0.15) is 6.04 Å². The summed E-state index contributed by atoms with van der Waals surface area (Å²) >= 11 is 3.87. The second kappa shape index (κ2) is 7.60. The smallest absolute Gasteiger partial charge is 0.321 e. The summed E-state index contributed by atoms with van der Waals surface area (Å²) in [5.41, 5.74) is 5.05. The Labute approximate surface area is 87.6 Å². The minimum Gasteiger partial charge on any atom is -0.480 e. The monoisotopic (exact) mass is 221 g/mol. The highest BCUT2D eigenvalue weighted by Crippen LogP contribution is 1.86. The zero-order valence-corrected chi connectivity index (χ0v) is 8.59. The van der Waals surface area contributed by atoms with Gasteiger partial charge in [-0.05, 0) is 0 Å². The summed E-state index contributed by atoms with van der Waals surface area (Å²) in [6.45, 7) is 0.672. The molecule has 82 valence electrons. The number of hydrogen-bond acceptors (Lipinski definition) is 5. The Morgan fingerprint density at radius 2 is 2.07 bits per heavy atom. The van der Waals surface area contributed by atoms with Crippen LogP contribution in [-0.2, 0) is 9.59 Å². The van der Waals surface area contributed by atoms with Crippen molar-refractivity contribution in [1.29, 1.82) is 0 Å². The van der Waals surface area contributed by atoms with Crippen molar-refractivity contribution in [2.75, 3.05) is 25.4 Å². The number of carbonyl (C=O) groups is 2. The Morgan fingerprint density at radius 1 is 1.43 bits per heavy atom. The summed E-state index contributed by atoms with van der Waals surface area (Å²) in [7, 11) is 0. The molecule has 0 rings (SSSR count). The van der Waals surface area contributed by atoms with Gasteiger partial charge in [-0.15, -0.1) is 0 Å². The molecule has 0 aliphatic carbocycles. The van der Waals surface area contributed by atoms with Gasteiger partial charge in [-0.1, -0.05) is 0 Å². The number of thiol groups is 1. The van der Waals surface area contributed by atoms with Crippen LogP contribution in [0, 0.1) is 0 Å². The summed E-state index contributed by atoms with van der Waals surface area (Å²) in [6.07, 6.45) is 0. The van der Waals surface area contributed by atoms with E-state index in [-0.39, 0.29) is 18.2 Å². The molecule has 1 unspecified atom stereocenters. The summed E-state index contributed by atoms with van der Waals surface area (Å²) in [5.74, 6) is -1.00. The number of amides is 1. The van der Waals surface area contributed by atoms with E-state index in [1.165, 1.54) is 0 Å². The fourth-order valence-corrected chi connectivity index (χ4v) is 1.04. The van der Waals surface area contributed by atoms with Crippen molar-refractivity contribution in [2.45, 2.75) is 6.04 Å².